The second kappa shape index (κ2) is 19.3. The number of hydrogen-bond acceptors (Lipinski definition) is 3. The molecule has 0 spiro atoms. The number of amides is 1. The summed E-state index contributed by atoms with van der Waals surface area (Å²) in [6.45, 7) is 7.77. The van der Waals surface area contributed by atoms with E-state index < -0.39 is 6.10 Å². The van der Waals surface area contributed by atoms with Crippen molar-refractivity contribution in [1.82, 2.24) is 5.32 Å². The fourth-order valence-corrected chi connectivity index (χ4v) is 3.67. The summed E-state index contributed by atoms with van der Waals surface area (Å²) in [6, 6.07) is 0. The molecule has 0 radical (unpaired) electrons. The summed E-state index contributed by atoms with van der Waals surface area (Å²) in [5.74, 6) is 0.183. The molecule has 0 aromatic rings. The number of aliphatic hydroxyl groups excluding tert-OH is 1. The molecule has 0 saturated heterocycles. The SMILES string of the molecule is CCCCCCCCCCCCC(=O)NCCC[N+](C)(C)CC(O)COCCC. The Morgan fingerprint density at radius 1 is 0.897 bits per heavy atom. The van der Waals surface area contributed by atoms with Gasteiger partial charge >= 0.3 is 0 Å². The largest absolute Gasteiger partial charge is 0.385 e. The van der Waals surface area contributed by atoms with Crippen molar-refractivity contribution in [2.45, 2.75) is 103 Å². The van der Waals surface area contributed by atoms with Gasteiger partial charge in [-0.05, 0) is 12.8 Å². The molecular weight excluding hydrogens is 364 g/mol. The molecule has 0 aromatic carbocycles. The Morgan fingerprint density at radius 2 is 1.48 bits per heavy atom. The van der Waals surface area contributed by atoms with Gasteiger partial charge in [-0.25, -0.2) is 0 Å². The second-order valence-corrected chi connectivity index (χ2v) is 9.21. The lowest BCUT2D eigenvalue weighted by molar-refractivity contribution is -0.893. The van der Waals surface area contributed by atoms with Gasteiger partial charge in [-0.2, -0.15) is 0 Å². The van der Waals surface area contributed by atoms with Crippen LogP contribution >= 0.6 is 0 Å². The lowest BCUT2D eigenvalue weighted by atomic mass is 10.1. The molecule has 2 N–H and O–H groups in total. The zero-order chi connectivity index (χ0) is 21.8. The molecule has 1 atom stereocenters. The van der Waals surface area contributed by atoms with E-state index in [1.807, 2.05) is 0 Å². The number of likely N-dealkylation sites (N-methyl/N-ethyl adjacent to an activating group) is 1. The van der Waals surface area contributed by atoms with Gasteiger partial charge < -0.3 is 19.6 Å². The first-order chi connectivity index (χ1) is 13.9. The van der Waals surface area contributed by atoms with Gasteiger partial charge in [-0.3, -0.25) is 4.79 Å². The van der Waals surface area contributed by atoms with Crippen molar-refractivity contribution in [3.63, 3.8) is 0 Å². The van der Waals surface area contributed by atoms with Crippen LogP contribution < -0.4 is 5.32 Å². The van der Waals surface area contributed by atoms with E-state index in [1.165, 1.54) is 57.8 Å². The van der Waals surface area contributed by atoms with Gasteiger partial charge in [-0.15, -0.1) is 0 Å². The predicted octanol–water partition coefficient (Wildman–Crippen LogP) is 4.67. The maximum absolute atomic E-state index is 12.0. The molecule has 0 aromatic heterocycles. The van der Waals surface area contributed by atoms with Crippen LogP contribution in [0.4, 0.5) is 0 Å². The highest BCUT2D eigenvalue weighted by molar-refractivity contribution is 5.75. The Hall–Kier alpha value is -0.650. The van der Waals surface area contributed by atoms with Crippen LogP contribution in [0.15, 0.2) is 0 Å². The maximum Gasteiger partial charge on any atom is 0.219 e. The molecule has 0 aliphatic heterocycles. The topological polar surface area (TPSA) is 58.6 Å². The van der Waals surface area contributed by atoms with Crippen molar-refractivity contribution in [2.75, 3.05) is 46.9 Å². The van der Waals surface area contributed by atoms with Crippen LogP contribution in [-0.2, 0) is 9.53 Å². The van der Waals surface area contributed by atoms with E-state index in [9.17, 15) is 9.90 Å². The molecule has 29 heavy (non-hydrogen) atoms. The summed E-state index contributed by atoms with van der Waals surface area (Å²) in [5, 5.41) is 13.1. The van der Waals surface area contributed by atoms with Gasteiger partial charge in [-0.1, -0.05) is 71.6 Å². The number of carbonyl (C=O) groups is 1. The van der Waals surface area contributed by atoms with E-state index in [0.717, 1.165) is 36.8 Å². The summed E-state index contributed by atoms with van der Waals surface area (Å²) in [5.41, 5.74) is 0. The van der Waals surface area contributed by atoms with Gasteiger partial charge in [0, 0.05) is 26.0 Å². The Morgan fingerprint density at radius 3 is 2.07 bits per heavy atom. The highest BCUT2D eigenvalue weighted by atomic mass is 16.5. The minimum absolute atomic E-state index is 0.183. The number of rotatable bonds is 21. The third-order valence-corrected chi connectivity index (χ3v) is 5.38. The highest BCUT2D eigenvalue weighted by Crippen LogP contribution is 2.11. The summed E-state index contributed by atoms with van der Waals surface area (Å²) < 4.78 is 6.16. The fourth-order valence-electron chi connectivity index (χ4n) is 3.67. The zero-order valence-electron chi connectivity index (χ0n) is 20.0. The first-order valence-electron chi connectivity index (χ1n) is 12.3. The monoisotopic (exact) mass is 415 g/mol. The number of carbonyl (C=O) groups excluding carboxylic acids is 1. The van der Waals surface area contributed by atoms with Crippen LogP contribution in [0.2, 0.25) is 0 Å². The molecular formula is C24H51N2O3+. The summed E-state index contributed by atoms with van der Waals surface area (Å²) in [6.07, 6.45) is 15.1. The van der Waals surface area contributed by atoms with E-state index >= 15 is 0 Å². The molecule has 0 rings (SSSR count). The van der Waals surface area contributed by atoms with E-state index in [0.29, 0.717) is 26.2 Å². The van der Waals surface area contributed by atoms with Gasteiger partial charge in [0.15, 0.2) is 0 Å². The average Bonchev–Trinajstić information content (AvgIpc) is 2.66. The van der Waals surface area contributed by atoms with Gasteiger partial charge in [0.2, 0.25) is 5.91 Å². The first-order valence-corrected chi connectivity index (χ1v) is 12.3. The number of quaternary nitrogens is 1. The van der Waals surface area contributed by atoms with Crippen molar-refractivity contribution < 1.29 is 19.1 Å². The highest BCUT2D eigenvalue weighted by Gasteiger charge is 2.20. The standard InChI is InChI=1S/C24H50N2O3/c1-5-7-8-9-10-11-12-13-14-15-17-24(28)25-18-16-19-26(3,4)21-23(27)22-29-20-6-2/h23,27H,5-22H2,1-4H3/p+1. The summed E-state index contributed by atoms with van der Waals surface area (Å²) in [7, 11) is 4.24. The van der Waals surface area contributed by atoms with Crippen molar-refractivity contribution in [1.29, 1.82) is 0 Å². The van der Waals surface area contributed by atoms with Crippen LogP contribution in [0.5, 0.6) is 0 Å². The smallest absolute Gasteiger partial charge is 0.219 e. The van der Waals surface area contributed by atoms with Crippen molar-refractivity contribution >= 4 is 5.91 Å². The van der Waals surface area contributed by atoms with E-state index in [4.69, 9.17) is 4.74 Å². The first kappa shape index (κ1) is 28.4. The Bertz CT molecular complexity index is 375. The molecule has 0 aliphatic carbocycles. The average molecular weight is 416 g/mol. The summed E-state index contributed by atoms with van der Waals surface area (Å²) >= 11 is 0. The molecule has 174 valence electrons. The molecule has 0 aliphatic rings. The lowest BCUT2D eigenvalue weighted by Gasteiger charge is -2.31. The number of aliphatic hydroxyl groups is 1. The minimum Gasteiger partial charge on any atom is -0.385 e. The van der Waals surface area contributed by atoms with Crippen molar-refractivity contribution in [3.05, 3.63) is 0 Å². The molecule has 0 bridgehead atoms. The van der Waals surface area contributed by atoms with Crippen LogP contribution in [-0.4, -0.2) is 68.5 Å². The molecule has 0 fully saturated rings. The zero-order valence-corrected chi connectivity index (χ0v) is 20.0. The van der Waals surface area contributed by atoms with Gasteiger partial charge in [0.05, 0.1) is 27.2 Å². The van der Waals surface area contributed by atoms with Crippen LogP contribution in [0.3, 0.4) is 0 Å². The van der Waals surface area contributed by atoms with Gasteiger partial charge in [0.25, 0.3) is 0 Å². The molecule has 0 heterocycles. The summed E-state index contributed by atoms with van der Waals surface area (Å²) in [4.78, 5) is 12.0. The number of nitrogens with zero attached hydrogens (tertiary/aromatic N) is 1. The number of ether oxygens (including phenoxy) is 1. The van der Waals surface area contributed by atoms with E-state index in [-0.39, 0.29) is 5.91 Å². The third kappa shape index (κ3) is 20.4. The predicted molar refractivity (Wildman–Crippen MR) is 123 cm³/mol. The Labute approximate surface area is 181 Å². The Kier molecular flexibility index (Phi) is 18.9. The number of hydrogen-bond donors (Lipinski definition) is 2. The van der Waals surface area contributed by atoms with Crippen LogP contribution in [0.25, 0.3) is 0 Å². The van der Waals surface area contributed by atoms with E-state index in [2.05, 4.69) is 33.3 Å². The molecule has 5 nitrogen and oxygen atoms in total. The third-order valence-electron chi connectivity index (χ3n) is 5.38. The molecule has 5 heteroatoms. The number of nitrogens with one attached hydrogen (secondary N) is 1. The van der Waals surface area contributed by atoms with Crippen molar-refractivity contribution in [3.8, 4) is 0 Å². The van der Waals surface area contributed by atoms with Gasteiger partial charge in [0.1, 0.15) is 12.6 Å². The second-order valence-electron chi connectivity index (χ2n) is 9.21. The van der Waals surface area contributed by atoms with Crippen LogP contribution in [0.1, 0.15) is 97.3 Å². The fraction of sp³-hybridized carbons (Fsp3) is 0.958. The Balaban J connectivity index is 3.54. The quantitative estimate of drug-likeness (QED) is 0.212. The molecule has 0 saturated carbocycles. The molecule has 1 amide bonds. The minimum atomic E-state index is -0.428. The van der Waals surface area contributed by atoms with Crippen LogP contribution in [0, 0.1) is 0 Å². The number of unbranched alkanes of at least 4 members (excludes halogenated alkanes) is 9. The van der Waals surface area contributed by atoms with E-state index in [1.54, 1.807) is 0 Å². The van der Waals surface area contributed by atoms with Crippen molar-refractivity contribution in [2.24, 2.45) is 0 Å². The maximum atomic E-state index is 12.0. The lowest BCUT2D eigenvalue weighted by Crippen LogP contribution is -2.47. The molecule has 1 unspecified atom stereocenters. The normalized spacial score (nSPS) is 12.9.